The lowest BCUT2D eigenvalue weighted by Crippen LogP contribution is -2.03. The third-order valence-electron chi connectivity index (χ3n) is 3.18. The van der Waals surface area contributed by atoms with Crippen molar-refractivity contribution in [1.29, 1.82) is 0 Å². The van der Waals surface area contributed by atoms with E-state index in [1.165, 1.54) is 0 Å². The zero-order chi connectivity index (χ0) is 15.0. The van der Waals surface area contributed by atoms with E-state index in [2.05, 4.69) is 0 Å². The van der Waals surface area contributed by atoms with Gasteiger partial charge in [0, 0.05) is 22.7 Å². The Labute approximate surface area is 125 Å². The molecule has 0 saturated heterocycles. The summed E-state index contributed by atoms with van der Waals surface area (Å²) in [7, 11) is 0. The highest BCUT2D eigenvalue weighted by atomic mass is 35.5. The highest BCUT2D eigenvalue weighted by Crippen LogP contribution is 2.37. The Bertz CT molecular complexity index is 645. The number of hydrogen-bond donors (Lipinski definition) is 0. The summed E-state index contributed by atoms with van der Waals surface area (Å²) < 4.78 is 40.4. The molecule has 0 saturated carbocycles. The van der Waals surface area contributed by atoms with Gasteiger partial charge < -0.3 is 0 Å². The van der Waals surface area contributed by atoms with Crippen LogP contribution in [0, 0.1) is 31.3 Å². The fraction of sp³-hybridized carbons (Fsp3) is 0.200. The molecule has 0 aromatic heterocycles. The van der Waals surface area contributed by atoms with Crippen molar-refractivity contribution < 1.29 is 13.2 Å². The van der Waals surface area contributed by atoms with Gasteiger partial charge in [0.15, 0.2) is 0 Å². The van der Waals surface area contributed by atoms with Crippen LogP contribution in [0.1, 0.15) is 27.6 Å². The quantitative estimate of drug-likeness (QED) is 0.623. The Balaban J connectivity index is 2.57. The van der Waals surface area contributed by atoms with Crippen molar-refractivity contribution in [3.63, 3.8) is 0 Å². The maximum Gasteiger partial charge on any atom is 0.134 e. The van der Waals surface area contributed by atoms with Gasteiger partial charge in [-0.25, -0.2) is 13.2 Å². The molecule has 1 atom stereocenters. The van der Waals surface area contributed by atoms with Crippen LogP contribution in [0.15, 0.2) is 24.3 Å². The van der Waals surface area contributed by atoms with E-state index in [9.17, 15) is 13.2 Å². The number of alkyl halides is 1. The maximum absolute atomic E-state index is 13.8. The molecule has 0 nitrogen and oxygen atoms in total. The van der Waals surface area contributed by atoms with Crippen molar-refractivity contribution in [2.24, 2.45) is 0 Å². The molecule has 20 heavy (non-hydrogen) atoms. The smallest absolute Gasteiger partial charge is 0.134 e. The van der Waals surface area contributed by atoms with E-state index in [4.69, 9.17) is 23.2 Å². The van der Waals surface area contributed by atoms with Crippen LogP contribution < -0.4 is 0 Å². The van der Waals surface area contributed by atoms with E-state index in [0.717, 1.165) is 11.1 Å². The standard InChI is InChI=1S/C15H11Cl2F3/c1-7-3-10(11(16)4-8(7)2)15(17)14-12(19)5-9(18)6-13(14)20/h3-6,15H,1-2H3. The summed E-state index contributed by atoms with van der Waals surface area (Å²) in [6, 6.07) is 4.56. The topological polar surface area (TPSA) is 0 Å². The van der Waals surface area contributed by atoms with E-state index in [0.29, 0.717) is 22.7 Å². The molecule has 0 amide bonds. The minimum Gasteiger partial charge on any atom is -0.207 e. The molecule has 2 aromatic carbocycles. The molecule has 2 aromatic rings. The Hall–Kier alpha value is -1.19. The zero-order valence-corrected chi connectivity index (χ0v) is 12.3. The van der Waals surface area contributed by atoms with Crippen LogP contribution in [0.3, 0.4) is 0 Å². The Morgan fingerprint density at radius 3 is 1.95 bits per heavy atom. The minimum atomic E-state index is -1.12. The molecule has 0 N–H and O–H groups in total. The first kappa shape index (κ1) is 15.2. The molecule has 0 aliphatic rings. The monoisotopic (exact) mass is 318 g/mol. The molecule has 0 bridgehead atoms. The number of hydrogen-bond acceptors (Lipinski definition) is 0. The summed E-state index contributed by atoms with van der Waals surface area (Å²) in [4.78, 5) is 0. The molecule has 0 fully saturated rings. The molecule has 5 heteroatoms. The lowest BCUT2D eigenvalue weighted by molar-refractivity contribution is 0.526. The average molecular weight is 319 g/mol. The summed E-state index contributed by atoms with van der Waals surface area (Å²) in [5.41, 5.74) is 1.83. The second-order valence-corrected chi connectivity index (χ2v) is 5.45. The van der Waals surface area contributed by atoms with Gasteiger partial charge in [-0.3, -0.25) is 0 Å². The predicted octanol–water partition coefficient (Wildman–Crippen LogP) is 5.70. The average Bonchev–Trinajstić information content (AvgIpc) is 2.32. The highest BCUT2D eigenvalue weighted by molar-refractivity contribution is 6.33. The van der Waals surface area contributed by atoms with Crippen LogP contribution in [-0.4, -0.2) is 0 Å². The van der Waals surface area contributed by atoms with Gasteiger partial charge in [0.05, 0.1) is 5.38 Å². The van der Waals surface area contributed by atoms with Gasteiger partial charge in [0.2, 0.25) is 0 Å². The van der Waals surface area contributed by atoms with E-state index in [1.54, 1.807) is 12.1 Å². The fourth-order valence-corrected chi connectivity index (χ4v) is 2.72. The number of halogens is 5. The Kier molecular flexibility index (Phi) is 4.31. The van der Waals surface area contributed by atoms with E-state index in [1.807, 2.05) is 13.8 Å². The zero-order valence-electron chi connectivity index (χ0n) is 10.8. The Morgan fingerprint density at radius 2 is 1.40 bits per heavy atom. The first-order chi connectivity index (χ1) is 9.31. The van der Waals surface area contributed by atoms with Crippen molar-refractivity contribution >= 4 is 23.2 Å². The van der Waals surface area contributed by atoms with Gasteiger partial charge in [0.1, 0.15) is 17.5 Å². The molecular weight excluding hydrogens is 308 g/mol. The van der Waals surface area contributed by atoms with E-state index >= 15 is 0 Å². The number of rotatable bonds is 2. The normalized spacial score (nSPS) is 12.6. The van der Waals surface area contributed by atoms with Crippen molar-refractivity contribution in [3.8, 4) is 0 Å². The van der Waals surface area contributed by atoms with Crippen LogP contribution in [-0.2, 0) is 0 Å². The molecule has 0 radical (unpaired) electrons. The molecule has 1 unspecified atom stereocenters. The van der Waals surface area contributed by atoms with Gasteiger partial charge in [0.25, 0.3) is 0 Å². The van der Waals surface area contributed by atoms with Crippen molar-refractivity contribution in [1.82, 2.24) is 0 Å². The lowest BCUT2D eigenvalue weighted by Gasteiger charge is -2.16. The second-order valence-electron chi connectivity index (χ2n) is 4.60. The van der Waals surface area contributed by atoms with Gasteiger partial charge in [-0.2, -0.15) is 0 Å². The van der Waals surface area contributed by atoms with Crippen LogP contribution in [0.2, 0.25) is 5.02 Å². The largest absolute Gasteiger partial charge is 0.207 e. The van der Waals surface area contributed by atoms with E-state index < -0.39 is 28.4 Å². The SMILES string of the molecule is Cc1cc(Cl)c(C(Cl)c2c(F)cc(F)cc2F)cc1C. The summed E-state index contributed by atoms with van der Waals surface area (Å²) in [6.45, 7) is 3.71. The summed E-state index contributed by atoms with van der Waals surface area (Å²) in [5.74, 6) is -3.05. The third kappa shape index (κ3) is 2.79. The van der Waals surface area contributed by atoms with E-state index in [-0.39, 0.29) is 0 Å². The summed E-state index contributed by atoms with van der Waals surface area (Å²) >= 11 is 12.2. The molecule has 0 heterocycles. The number of aryl methyl sites for hydroxylation is 2. The first-order valence-electron chi connectivity index (χ1n) is 5.86. The number of benzene rings is 2. The molecule has 0 aliphatic heterocycles. The molecule has 2 rings (SSSR count). The van der Waals surface area contributed by atoms with Crippen LogP contribution in [0.25, 0.3) is 0 Å². The molecule has 0 spiro atoms. The minimum absolute atomic E-state index is 0.316. The van der Waals surface area contributed by atoms with Crippen LogP contribution in [0.4, 0.5) is 13.2 Å². The van der Waals surface area contributed by atoms with Crippen molar-refractivity contribution in [3.05, 3.63) is 69.0 Å². The van der Waals surface area contributed by atoms with Gasteiger partial charge in [-0.05, 0) is 36.6 Å². The summed E-state index contributed by atoms with van der Waals surface area (Å²) in [6.07, 6.45) is 0. The summed E-state index contributed by atoms with van der Waals surface area (Å²) in [5, 5.41) is -0.807. The first-order valence-corrected chi connectivity index (χ1v) is 6.68. The van der Waals surface area contributed by atoms with Crippen molar-refractivity contribution in [2.75, 3.05) is 0 Å². The van der Waals surface area contributed by atoms with Crippen molar-refractivity contribution in [2.45, 2.75) is 19.2 Å². The fourth-order valence-electron chi connectivity index (χ4n) is 1.95. The van der Waals surface area contributed by atoms with Crippen LogP contribution >= 0.6 is 23.2 Å². The molecular formula is C15H11Cl2F3. The van der Waals surface area contributed by atoms with Gasteiger partial charge >= 0.3 is 0 Å². The lowest BCUT2D eigenvalue weighted by atomic mass is 9.99. The van der Waals surface area contributed by atoms with Crippen LogP contribution in [0.5, 0.6) is 0 Å². The second kappa shape index (κ2) is 5.66. The van der Waals surface area contributed by atoms with Gasteiger partial charge in [-0.1, -0.05) is 17.7 Å². The Morgan fingerprint density at radius 1 is 0.900 bits per heavy atom. The molecule has 106 valence electrons. The predicted molar refractivity (Wildman–Crippen MR) is 74.9 cm³/mol. The molecule has 0 aliphatic carbocycles. The maximum atomic E-state index is 13.8. The third-order valence-corrected chi connectivity index (χ3v) is 3.96. The van der Waals surface area contributed by atoms with Gasteiger partial charge in [-0.15, -0.1) is 11.6 Å². The highest BCUT2D eigenvalue weighted by Gasteiger charge is 2.23.